The number of carbonyl (C=O) groups is 2. The average Bonchev–Trinajstić information content (AvgIpc) is 2.34. The molecule has 0 fully saturated rings. The van der Waals surface area contributed by atoms with Crippen LogP contribution >= 0.6 is 22.6 Å². The van der Waals surface area contributed by atoms with Crippen LogP contribution in [0, 0.1) is 3.57 Å². The van der Waals surface area contributed by atoms with Gasteiger partial charge in [-0.2, -0.15) is 0 Å². The molecule has 0 atom stereocenters. The van der Waals surface area contributed by atoms with E-state index >= 15 is 0 Å². The minimum absolute atomic E-state index is 0.107. The van der Waals surface area contributed by atoms with Gasteiger partial charge in [-0.25, -0.2) is 5.48 Å². The minimum Gasteiger partial charge on any atom is -0.343 e. The molecule has 0 saturated heterocycles. The van der Waals surface area contributed by atoms with Crippen molar-refractivity contribution in [3.8, 4) is 0 Å². The molecule has 0 bridgehead atoms. The Morgan fingerprint density at radius 1 is 1.35 bits per heavy atom. The van der Waals surface area contributed by atoms with Gasteiger partial charge in [0.15, 0.2) is 0 Å². The molecular weight excluding hydrogens is 335 g/mol. The van der Waals surface area contributed by atoms with Crippen molar-refractivity contribution in [3.63, 3.8) is 0 Å². The summed E-state index contributed by atoms with van der Waals surface area (Å²) in [6, 6.07) is 7.16. The van der Waals surface area contributed by atoms with Crippen LogP contribution in [0.4, 0.5) is 0 Å². The molecule has 0 aliphatic rings. The lowest BCUT2D eigenvalue weighted by Crippen LogP contribution is -2.37. The van der Waals surface area contributed by atoms with E-state index in [0.29, 0.717) is 12.2 Å². The molecule has 0 spiro atoms. The zero-order valence-corrected chi connectivity index (χ0v) is 11.5. The van der Waals surface area contributed by atoms with Gasteiger partial charge in [-0.3, -0.25) is 14.4 Å². The van der Waals surface area contributed by atoms with E-state index in [0.717, 1.165) is 3.57 Å². The van der Waals surface area contributed by atoms with E-state index in [1.54, 1.807) is 19.1 Å². The van der Waals surface area contributed by atoms with Crippen molar-refractivity contribution in [1.82, 2.24) is 10.8 Å². The maximum atomic E-state index is 11.7. The summed E-state index contributed by atoms with van der Waals surface area (Å²) in [4.78, 5) is 27.6. The number of hydrogen-bond acceptors (Lipinski definition) is 3. The molecule has 5 nitrogen and oxygen atoms in total. The van der Waals surface area contributed by atoms with E-state index in [-0.39, 0.29) is 18.4 Å². The molecule has 0 radical (unpaired) electrons. The molecule has 1 aromatic rings. The third-order valence-electron chi connectivity index (χ3n) is 1.86. The molecule has 0 aliphatic carbocycles. The van der Waals surface area contributed by atoms with Crippen molar-refractivity contribution in [2.24, 2.45) is 0 Å². The summed E-state index contributed by atoms with van der Waals surface area (Å²) in [6.45, 7) is 2.03. The highest BCUT2D eigenvalue weighted by molar-refractivity contribution is 14.1. The quantitative estimate of drug-likeness (QED) is 0.618. The van der Waals surface area contributed by atoms with Gasteiger partial charge in [-0.05, 0) is 41.6 Å². The van der Waals surface area contributed by atoms with Crippen LogP contribution in [0.5, 0.6) is 0 Å². The predicted molar refractivity (Wildman–Crippen MR) is 71.3 cm³/mol. The van der Waals surface area contributed by atoms with Gasteiger partial charge < -0.3 is 5.32 Å². The van der Waals surface area contributed by atoms with Crippen LogP contribution in [0.25, 0.3) is 0 Å². The molecule has 92 valence electrons. The number of carbonyl (C=O) groups excluding carboxylic acids is 2. The van der Waals surface area contributed by atoms with Crippen molar-refractivity contribution >= 4 is 34.4 Å². The van der Waals surface area contributed by atoms with Gasteiger partial charge in [0.1, 0.15) is 0 Å². The number of hydroxylamine groups is 1. The highest BCUT2D eigenvalue weighted by Crippen LogP contribution is 2.10. The standard InChI is InChI=1S/C11H13IN2O3/c1-2-17-14-10(15)7-13-11(16)8-5-3-4-6-9(8)12/h3-6H,2,7H2,1H3,(H,13,16)(H,14,15). The summed E-state index contributed by atoms with van der Waals surface area (Å²) in [5.41, 5.74) is 2.75. The third-order valence-corrected chi connectivity index (χ3v) is 2.80. The molecule has 6 heteroatoms. The van der Waals surface area contributed by atoms with E-state index in [4.69, 9.17) is 4.84 Å². The zero-order valence-electron chi connectivity index (χ0n) is 9.33. The molecule has 2 amide bonds. The summed E-state index contributed by atoms with van der Waals surface area (Å²) >= 11 is 2.07. The predicted octanol–water partition coefficient (Wildman–Crippen LogP) is 1.09. The number of amides is 2. The molecule has 0 aromatic heterocycles. The molecule has 0 saturated carbocycles. The van der Waals surface area contributed by atoms with E-state index in [2.05, 4.69) is 33.4 Å². The Morgan fingerprint density at radius 3 is 2.71 bits per heavy atom. The van der Waals surface area contributed by atoms with Crippen molar-refractivity contribution in [2.45, 2.75) is 6.92 Å². The minimum atomic E-state index is -0.383. The number of rotatable bonds is 5. The van der Waals surface area contributed by atoms with Crippen LogP contribution in [0.15, 0.2) is 24.3 Å². The Morgan fingerprint density at radius 2 is 2.06 bits per heavy atom. The fraction of sp³-hybridized carbons (Fsp3) is 0.273. The first-order valence-corrected chi connectivity index (χ1v) is 6.16. The fourth-order valence-corrected chi connectivity index (χ4v) is 1.72. The number of hydrogen-bond donors (Lipinski definition) is 2. The van der Waals surface area contributed by atoms with E-state index in [1.165, 1.54) is 0 Å². The molecule has 0 aliphatic heterocycles. The van der Waals surface area contributed by atoms with Gasteiger partial charge in [0, 0.05) is 3.57 Å². The highest BCUT2D eigenvalue weighted by atomic mass is 127. The normalized spacial score (nSPS) is 9.76. The van der Waals surface area contributed by atoms with Crippen molar-refractivity contribution < 1.29 is 14.4 Å². The Kier molecular flexibility index (Phi) is 5.92. The molecule has 0 heterocycles. The van der Waals surface area contributed by atoms with Crippen molar-refractivity contribution in [3.05, 3.63) is 33.4 Å². The van der Waals surface area contributed by atoms with E-state index in [1.807, 2.05) is 12.1 Å². The SMILES string of the molecule is CCONC(=O)CNC(=O)c1ccccc1I. The highest BCUT2D eigenvalue weighted by Gasteiger charge is 2.10. The Balaban J connectivity index is 2.45. The van der Waals surface area contributed by atoms with Crippen LogP contribution in [0.1, 0.15) is 17.3 Å². The largest absolute Gasteiger partial charge is 0.343 e. The van der Waals surface area contributed by atoms with Gasteiger partial charge in [0.05, 0.1) is 18.7 Å². The number of benzene rings is 1. The van der Waals surface area contributed by atoms with Gasteiger partial charge in [0.25, 0.3) is 11.8 Å². The fourth-order valence-electron chi connectivity index (χ4n) is 1.09. The average molecular weight is 348 g/mol. The smallest absolute Gasteiger partial charge is 0.262 e. The van der Waals surface area contributed by atoms with Gasteiger partial charge in [-0.1, -0.05) is 12.1 Å². The van der Waals surface area contributed by atoms with Crippen molar-refractivity contribution in [1.29, 1.82) is 0 Å². The van der Waals surface area contributed by atoms with Crippen molar-refractivity contribution in [2.75, 3.05) is 13.2 Å². The molecule has 1 rings (SSSR count). The lowest BCUT2D eigenvalue weighted by Gasteiger charge is -2.07. The molecule has 2 N–H and O–H groups in total. The first-order chi connectivity index (χ1) is 8.15. The maximum Gasteiger partial charge on any atom is 0.262 e. The summed E-state index contributed by atoms with van der Waals surface area (Å²) in [7, 11) is 0. The molecule has 17 heavy (non-hydrogen) atoms. The second-order valence-electron chi connectivity index (χ2n) is 3.12. The monoisotopic (exact) mass is 348 g/mol. The second-order valence-corrected chi connectivity index (χ2v) is 4.28. The van der Waals surface area contributed by atoms with Crippen LogP contribution in [-0.2, 0) is 9.63 Å². The Hall–Kier alpha value is -1.15. The summed E-state index contributed by atoms with van der Waals surface area (Å²) in [5, 5.41) is 2.51. The topological polar surface area (TPSA) is 67.4 Å². The first-order valence-electron chi connectivity index (χ1n) is 5.08. The van der Waals surface area contributed by atoms with E-state index in [9.17, 15) is 9.59 Å². The summed E-state index contributed by atoms with van der Waals surface area (Å²) in [6.07, 6.45) is 0. The lowest BCUT2D eigenvalue weighted by molar-refractivity contribution is -0.132. The lowest BCUT2D eigenvalue weighted by atomic mass is 10.2. The molecule has 1 aromatic carbocycles. The first kappa shape index (κ1) is 13.9. The molecular formula is C11H13IN2O3. The molecule has 0 unspecified atom stereocenters. The van der Waals surface area contributed by atoms with Gasteiger partial charge >= 0.3 is 0 Å². The number of nitrogens with one attached hydrogen (secondary N) is 2. The van der Waals surface area contributed by atoms with Crippen LogP contribution in [0.3, 0.4) is 0 Å². The second kappa shape index (κ2) is 7.23. The number of halogens is 1. The van der Waals surface area contributed by atoms with Crippen LogP contribution in [0.2, 0.25) is 0 Å². The maximum absolute atomic E-state index is 11.7. The van der Waals surface area contributed by atoms with Gasteiger partial charge in [-0.15, -0.1) is 0 Å². The summed E-state index contributed by atoms with van der Waals surface area (Å²) in [5.74, 6) is -0.659. The summed E-state index contributed by atoms with van der Waals surface area (Å²) < 4.78 is 0.841. The Bertz CT molecular complexity index is 409. The van der Waals surface area contributed by atoms with Crippen LogP contribution in [-0.4, -0.2) is 25.0 Å². The van der Waals surface area contributed by atoms with Gasteiger partial charge in [0.2, 0.25) is 0 Å². The third kappa shape index (κ3) is 4.70. The Labute approximate surface area is 113 Å². The zero-order chi connectivity index (χ0) is 12.7. The van der Waals surface area contributed by atoms with Crippen LogP contribution < -0.4 is 10.8 Å². The van der Waals surface area contributed by atoms with E-state index < -0.39 is 0 Å².